The molecule has 2 heterocycles. The summed E-state index contributed by atoms with van der Waals surface area (Å²) >= 11 is 3.55. The largest absolute Gasteiger partial charge is 0.304 e. The molecule has 1 unspecified atom stereocenters. The molecule has 2 nitrogen and oxygen atoms in total. The van der Waals surface area contributed by atoms with Crippen LogP contribution in [0.2, 0.25) is 0 Å². The van der Waals surface area contributed by atoms with Crippen molar-refractivity contribution in [2.24, 2.45) is 0 Å². The molecule has 0 aliphatic carbocycles. The Bertz CT molecular complexity index is 434. The van der Waals surface area contributed by atoms with Gasteiger partial charge in [0.25, 0.3) is 0 Å². The number of aryl methyl sites for hydroxylation is 1. The Labute approximate surface area is 111 Å². The first-order valence-corrected chi connectivity index (χ1v) is 7.73. The smallest absolute Gasteiger partial charge is 0.0897 e. The van der Waals surface area contributed by atoms with Gasteiger partial charge in [0.1, 0.15) is 0 Å². The topological polar surface area (TPSA) is 24.9 Å². The van der Waals surface area contributed by atoms with Gasteiger partial charge in [-0.05, 0) is 24.8 Å². The molecule has 1 atom stereocenters. The Morgan fingerprint density at radius 3 is 2.88 bits per heavy atom. The van der Waals surface area contributed by atoms with E-state index in [-0.39, 0.29) is 0 Å². The second-order valence-electron chi connectivity index (χ2n) is 4.10. The monoisotopic (exact) mass is 266 g/mol. The average Bonchev–Trinajstić information content (AvgIpc) is 2.95. The molecule has 2 rings (SSSR count). The molecular weight excluding hydrogens is 248 g/mol. The molecule has 0 aromatic carbocycles. The van der Waals surface area contributed by atoms with Gasteiger partial charge in [0.15, 0.2) is 0 Å². The number of hydrogen-bond donors (Lipinski definition) is 1. The Balaban J connectivity index is 1.94. The molecule has 2 aromatic heterocycles. The SMILES string of the molecule is CCCC(NCc1csc(C)n1)c1cccs1. The van der Waals surface area contributed by atoms with Crippen molar-refractivity contribution in [1.29, 1.82) is 0 Å². The standard InChI is InChI=1S/C13H18N2S2/c1-3-5-12(13-6-4-7-16-13)14-8-11-9-17-10(2)15-11/h4,6-7,9,12,14H,3,5,8H2,1-2H3. The van der Waals surface area contributed by atoms with Crippen LogP contribution in [-0.2, 0) is 6.54 Å². The number of thiazole rings is 1. The van der Waals surface area contributed by atoms with Gasteiger partial charge in [0.2, 0.25) is 0 Å². The van der Waals surface area contributed by atoms with Gasteiger partial charge in [-0.2, -0.15) is 0 Å². The molecule has 0 bridgehead atoms. The van der Waals surface area contributed by atoms with E-state index in [9.17, 15) is 0 Å². The van der Waals surface area contributed by atoms with Crippen molar-refractivity contribution in [3.63, 3.8) is 0 Å². The van der Waals surface area contributed by atoms with Crippen molar-refractivity contribution in [3.8, 4) is 0 Å². The summed E-state index contributed by atoms with van der Waals surface area (Å²) in [6.45, 7) is 5.15. The predicted molar refractivity (Wildman–Crippen MR) is 75.7 cm³/mol. The van der Waals surface area contributed by atoms with E-state index in [1.165, 1.54) is 17.7 Å². The highest BCUT2D eigenvalue weighted by Crippen LogP contribution is 2.23. The van der Waals surface area contributed by atoms with E-state index < -0.39 is 0 Å². The molecule has 92 valence electrons. The van der Waals surface area contributed by atoms with E-state index in [1.807, 2.05) is 11.3 Å². The molecule has 0 spiro atoms. The van der Waals surface area contributed by atoms with E-state index >= 15 is 0 Å². The van der Waals surface area contributed by atoms with Crippen LogP contribution >= 0.6 is 22.7 Å². The minimum atomic E-state index is 0.474. The van der Waals surface area contributed by atoms with Crippen LogP contribution in [0.5, 0.6) is 0 Å². The maximum absolute atomic E-state index is 4.48. The highest BCUT2D eigenvalue weighted by atomic mass is 32.1. The Morgan fingerprint density at radius 1 is 1.41 bits per heavy atom. The first-order valence-electron chi connectivity index (χ1n) is 5.97. The van der Waals surface area contributed by atoms with E-state index in [4.69, 9.17) is 0 Å². The van der Waals surface area contributed by atoms with Gasteiger partial charge in [-0.1, -0.05) is 19.4 Å². The summed E-state index contributed by atoms with van der Waals surface area (Å²) in [4.78, 5) is 5.91. The summed E-state index contributed by atoms with van der Waals surface area (Å²) in [5, 5.41) is 9.03. The zero-order chi connectivity index (χ0) is 12.1. The van der Waals surface area contributed by atoms with Gasteiger partial charge in [0.05, 0.1) is 10.7 Å². The number of aromatic nitrogens is 1. The van der Waals surface area contributed by atoms with Crippen molar-refractivity contribution < 1.29 is 0 Å². The van der Waals surface area contributed by atoms with Crippen LogP contribution in [-0.4, -0.2) is 4.98 Å². The van der Waals surface area contributed by atoms with Gasteiger partial charge in [-0.25, -0.2) is 4.98 Å². The number of rotatable bonds is 6. The average molecular weight is 266 g/mol. The lowest BCUT2D eigenvalue weighted by atomic mass is 10.1. The minimum absolute atomic E-state index is 0.474. The first-order chi connectivity index (χ1) is 8.29. The fourth-order valence-corrected chi connectivity index (χ4v) is 3.29. The third kappa shape index (κ3) is 3.63. The van der Waals surface area contributed by atoms with Crippen LogP contribution < -0.4 is 5.32 Å². The molecule has 0 aliphatic heterocycles. The van der Waals surface area contributed by atoms with Crippen molar-refractivity contribution in [2.75, 3.05) is 0 Å². The van der Waals surface area contributed by atoms with Gasteiger partial charge < -0.3 is 5.32 Å². The second-order valence-corrected chi connectivity index (χ2v) is 6.14. The van der Waals surface area contributed by atoms with Gasteiger partial charge in [0, 0.05) is 22.8 Å². The normalized spacial score (nSPS) is 12.8. The Kier molecular flexibility index (Phi) is 4.71. The number of thiophene rings is 1. The van der Waals surface area contributed by atoms with E-state index in [1.54, 1.807) is 11.3 Å². The van der Waals surface area contributed by atoms with Crippen LogP contribution in [0.15, 0.2) is 22.9 Å². The maximum atomic E-state index is 4.48. The molecule has 1 N–H and O–H groups in total. The minimum Gasteiger partial charge on any atom is -0.304 e. The lowest BCUT2D eigenvalue weighted by Crippen LogP contribution is -2.20. The van der Waals surface area contributed by atoms with E-state index in [0.717, 1.165) is 17.2 Å². The third-order valence-electron chi connectivity index (χ3n) is 2.66. The molecule has 4 heteroatoms. The van der Waals surface area contributed by atoms with Crippen molar-refractivity contribution in [2.45, 2.75) is 39.3 Å². The van der Waals surface area contributed by atoms with Crippen molar-refractivity contribution >= 4 is 22.7 Å². The lowest BCUT2D eigenvalue weighted by Gasteiger charge is -2.15. The molecule has 0 fully saturated rings. The fraction of sp³-hybridized carbons (Fsp3) is 0.462. The van der Waals surface area contributed by atoms with Gasteiger partial charge >= 0.3 is 0 Å². The highest BCUT2D eigenvalue weighted by Gasteiger charge is 2.11. The molecule has 0 saturated carbocycles. The summed E-state index contributed by atoms with van der Waals surface area (Å²) < 4.78 is 0. The van der Waals surface area contributed by atoms with Crippen LogP contribution in [0.1, 0.15) is 41.4 Å². The van der Waals surface area contributed by atoms with Crippen LogP contribution in [0, 0.1) is 6.92 Å². The quantitative estimate of drug-likeness (QED) is 0.850. The third-order valence-corrected chi connectivity index (χ3v) is 4.47. The van der Waals surface area contributed by atoms with Gasteiger partial charge in [-0.3, -0.25) is 0 Å². The van der Waals surface area contributed by atoms with E-state index in [0.29, 0.717) is 6.04 Å². The van der Waals surface area contributed by atoms with Crippen LogP contribution in [0.25, 0.3) is 0 Å². The fourth-order valence-electron chi connectivity index (χ4n) is 1.84. The molecule has 0 radical (unpaired) electrons. The first kappa shape index (κ1) is 12.7. The molecule has 0 saturated heterocycles. The molecule has 17 heavy (non-hydrogen) atoms. The molecule has 0 aliphatic rings. The second kappa shape index (κ2) is 6.28. The van der Waals surface area contributed by atoms with Crippen LogP contribution in [0.3, 0.4) is 0 Å². The summed E-state index contributed by atoms with van der Waals surface area (Å²) in [5.41, 5.74) is 1.16. The highest BCUT2D eigenvalue weighted by molar-refractivity contribution is 7.10. The molecule has 2 aromatic rings. The zero-order valence-electron chi connectivity index (χ0n) is 10.3. The van der Waals surface area contributed by atoms with Gasteiger partial charge in [-0.15, -0.1) is 22.7 Å². The summed E-state index contributed by atoms with van der Waals surface area (Å²) in [6, 6.07) is 4.81. The Morgan fingerprint density at radius 2 is 2.29 bits per heavy atom. The van der Waals surface area contributed by atoms with Crippen molar-refractivity contribution in [1.82, 2.24) is 10.3 Å². The number of nitrogens with one attached hydrogen (secondary N) is 1. The van der Waals surface area contributed by atoms with Crippen LogP contribution in [0.4, 0.5) is 0 Å². The van der Waals surface area contributed by atoms with Crippen molar-refractivity contribution in [3.05, 3.63) is 38.5 Å². The lowest BCUT2D eigenvalue weighted by molar-refractivity contribution is 0.497. The zero-order valence-corrected chi connectivity index (χ0v) is 11.9. The summed E-state index contributed by atoms with van der Waals surface area (Å²) in [7, 11) is 0. The molecular formula is C13H18N2S2. The summed E-state index contributed by atoms with van der Waals surface area (Å²) in [6.07, 6.45) is 2.38. The maximum Gasteiger partial charge on any atom is 0.0897 e. The number of nitrogens with zero attached hydrogens (tertiary/aromatic N) is 1. The number of hydrogen-bond acceptors (Lipinski definition) is 4. The predicted octanol–water partition coefficient (Wildman–Crippen LogP) is 4.14. The summed E-state index contributed by atoms with van der Waals surface area (Å²) in [5.74, 6) is 0. The Hall–Kier alpha value is -0.710. The molecule has 0 amide bonds. The van der Waals surface area contributed by atoms with E-state index in [2.05, 4.69) is 47.0 Å².